The zero-order chi connectivity index (χ0) is 20.1. The molecule has 0 aliphatic heterocycles. The number of anilines is 1. The summed E-state index contributed by atoms with van der Waals surface area (Å²) in [4.78, 5) is 35.3. The first-order valence-corrected chi connectivity index (χ1v) is 9.37. The van der Waals surface area contributed by atoms with Gasteiger partial charge in [-0.05, 0) is 31.0 Å². The third-order valence-corrected chi connectivity index (χ3v) is 4.28. The number of ether oxygens (including phenoxy) is 1. The number of sulfonamides is 1. The molecular formula is C16H23N3O6S. The second kappa shape index (κ2) is 8.77. The van der Waals surface area contributed by atoms with Gasteiger partial charge in [0.15, 0.2) is 6.10 Å². The Bertz CT molecular complexity index is 791. The number of carbonyl (C=O) groups is 3. The fourth-order valence-corrected chi connectivity index (χ4v) is 2.57. The van der Waals surface area contributed by atoms with Gasteiger partial charge in [0.2, 0.25) is 15.9 Å². The van der Waals surface area contributed by atoms with Crippen molar-refractivity contribution >= 4 is 33.5 Å². The standard InChI is InChI=1S/C16H23N3O6S/c1-9(2)14(18-11(4)20)16(22)25-10(3)15(21)19-12-6-5-7-13(8-12)26(17,23)24/h5-10,14H,1-4H3,(H,18,20)(H,19,21)(H2,17,23,24)/t10-,14+/m1/s1. The molecule has 0 spiro atoms. The highest BCUT2D eigenvalue weighted by atomic mass is 32.2. The first-order valence-electron chi connectivity index (χ1n) is 7.83. The van der Waals surface area contributed by atoms with Crippen LogP contribution in [0.15, 0.2) is 29.2 Å². The topological polar surface area (TPSA) is 145 Å². The number of nitrogens with two attached hydrogens (primary N) is 1. The molecule has 0 saturated carbocycles. The van der Waals surface area contributed by atoms with E-state index in [2.05, 4.69) is 10.6 Å². The lowest BCUT2D eigenvalue weighted by molar-refractivity contribution is -0.157. The van der Waals surface area contributed by atoms with E-state index in [4.69, 9.17) is 9.88 Å². The summed E-state index contributed by atoms with van der Waals surface area (Å²) >= 11 is 0. The molecule has 2 atom stereocenters. The van der Waals surface area contributed by atoms with Crippen LogP contribution in [-0.4, -0.2) is 38.3 Å². The average Bonchev–Trinajstić information content (AvgIpc) is 2.51. The number of amides is 2. The maximum atomic E-state index is 12.2. The van der Waals surface area contributed by atoms with Crippen molar-refractivity contribution < 1.29 is 27.5 Å². The van der Waals surface area contributed by atoms with Crippen molar-refractivity contribution in [3.05, 3.63) is 24.3 Å². The number of carbonyl (C=O) groups excluding carboxylic acids is 3. The highest BCUT2D eigenvalue weighted by Gasteiger charge is 2.28. The molecule has 2 amide bonds. The van der Waals surface area contributed by atoms with E-state index in [9.17, 15) is 22.8 Å². The zero-order valence-corrected chi connectivity index (χ0v) is 15.8. The van der Waals surface area contributed by atoms with Gasteiger partial charge in [-0.3, -0.25) is 9.59 Å². The molecule has 10 heteroatoms. The highest BCUT2D eigenvalue weighted by Crippen LogP contribution is 2.15. The van der Waals surface area contributed by atoms with Gasteiger partial charge in [0.1, 0.15) is 6.04 Å². The summed E-state index contributed by atoms with van der Waals surface area (Å²) in [6, 6.07) is 4.48. The molecule has 0 aliphatic carbocycles. The molecule has 1 rings (SSSR count). The Morgan fingerprint density at radius 2 is 1.77 bits per heavy atom. The number of primary sulfonamides is 1. The first-order chi connectivity index (χ1) is 11.9. The second-order valence-corrected chi connectivity index (χ2v) is 7.62. The molecule has 144 valence electrons. The van der Waals surface area contributed by atoms with Crippen molar-refractivity contribution in [2.75, 3.05) is 5.32 Å². The quantitative estimate of drug-likeness (QED) is 0.578. The van der Waals surface area contributed by atoms with Crippen molar-refractivity contribution in [3.8, 4) is 0 Å². The minimum atomic E-state index is -3.91. The van der Waals surface area contributed by atoms with Gasteiger partial charge in [-0.25, -0.2) is 18.4 Å². The summed E-state index contributed by atoms with van der Waals surface area (Å²) in [5.41, 5.74) is 0.187. The van der Waals surface area contributed by atoms with E-state index in [1.807, 2.05) is 0 Å². The molecule has 1 aromatic rings. The Balaban J connectivity index is 2.79. The number of nitrogens with one attached hydrogen (secondary N) is 2. The van der Waals surface area contributed by atoms with Gasteiger partial charge in [0, 0.05) is 12.6 Å². The molecule has 0 aliphatic rings. The van der Waals surface area contributed by atoms with Gasteiger partial charge >= 0.3 is 5.97 Å². The van der Waals surface area contributed by atoms with Gasteiger partial charge in [-0.2, -0.15) is 0 Å². The highest BCUT2D eigenvalue weighted by molar-refractivity contribution is 7.89. The molecule has 0 bridgehead atoms. The Hall–Kier alpha value is -2.46. The van der Waals surface area contributed by atoms with Crippen LogP contribution in [0.1, 0.15) is 27.7 Å². The van der Waals surface area contributed by atoms with E-state index in [0.29, 0.717) is 0 Å². The zero-order valence-electron chi connectivity index (χ0n) is 15.0. The molecule has 0 radical (unpaired) electrons. The predicted molar refractivity (Wildman–Crippen MR) is 94.4 cm³/mol. The lowest BCUT2D eigenvalue weighted by Gasteiger charge is -2.22. The summed E-state index contributed by atoms with van der Waals surface area (Å²) in [5.74, 6) is -2.02. The largest absolute Gasteiger partial charge is 0.451 e. The summed E-state index contributed by atoms with van der Waals surface area (Å²) < 4.78 is 27.8. The number of benzene rings is 1. The fourth-order valence-electron chi connectivity index (χ4n) is 2.01. The van der Waals surface area contributed by atoms with Crippen LogP contribution in [0.3, 0.4) is 0 Å². The van der Waals surface area contributed by atoms with Crippen molar-refractivity contribution in [2.24, 2.45) is 11.1 Å². The molecular weight excluding hydrogens is 362 g/mol. The lowest BCUT2D eigenvalue weighted by atomic mass is 10.0. The maximum Gasteiger partial charge on any atom is 0.329 e. The summed E-state index contributed by atoms with van der Waals surface area (Å²) in [5, 5.41) is 9.96. The van der Waals surface area contributed by atoms with E-state index in [0.717, 1.165) is 0 Å². The lowest BCUT2D eigenvalue weighted by Crippen LogP contribution is -2.46. The van der Waals surface area contributed by atoms with E-state index in [1.54, 1.807) is 13.8 Å². The van der Waals surface area contributed by atoms with Crippen molar-refractivity contribution in [3.63, 3.8) is 0 Å². The minimum Gasteiger partial charge on any atom is -0.451 e. The van der Waals surface area contributed by atoms with Crippen LogP contribution < -0.4 is 15.8 Å². The number of hydrogen-bond donors (Lipinski definition) is 3. The molecule has 0 heterocycles. The average molecular weight is 385 g/mol. The molecule has 4 N–H and O–H groups in total. The Labute approximate surface area is 152 Å². The number of rotatable bonds is 7. The normalized spacial score (nSPS) is 13.6. The Kier molecular flexibility index (Phi) is 7.28. The van der Waals surface area contributed by atoms with Gasteiger partial charge in [0.25, 0.3) is 5.91 Å². The van der Waals surface area contributed by atoms with Crippen LogP contribution in [0.2, 0.25) is 0 Å². The van der Waals surface area contributed by atoms with Crippen LogP contribution in [0, 0.1) is 5.92 Å². The van der Waals surface area contributed by atoms with E-state index in [1.165, 1.54) is 38.1 Å². The second-order valence-electron chi connectivity index (χ2n) is 6.06. The SMILES string of the molecule is CC(=O)N[C@H](C(=O)O[C@H](C)C(=O)Nc1cccc(S(N)(=O)=O)c1)C(C)C. The summed E-state index contributed by atoms with van der Waals surface area (Å²) in [6.45, 7) is 6.09. The van der Waals surface area contributed by atoms with Crippen LogP contribution in [0.4, 0.5) is 5.69 Å². The van der Waals surface area contributed by atoms with Gasteiger partial charge in [0.05, 0.1) is 4.90 Å². The number of esters is 1. The van der Waals surface area contributed by atoms with E-state index >= 15 is 0 Å². The van der Waals surface area contributed by atoms with E-state index < -0.39 is 40.0 Å². The molecule has 0 fully saturated rings. The number of hydrogen-bond acceptors (Lipinski definition) is 6. The first kappa shape index (κ1) is 21.6. The smallest absolute Gasteiger partial charge is 0.329 e. The fraction of sp³-hybridized carbons (Fsp3) is 0.438. The molecule has 1 aromatic carbocycles. The third kappa shape index (κ3) is 6.45. The predicted octanol–water partition coefficient (Wildman–Crippen LogP) is 0.365. The Morgan fingerprint density at radius 1 is 1.15 bits per heavy atom. The summed E-state index contributed by atoms with van der Waals surface area (Å²) in [6.07, 6.45) is -1.16. The van der Waals surface area contributed by atoms with Gasteiger partial charge in [-0.1, -0.05) is 19.9 Å². The van der Waals surface area contributed by atoms with Crippen LogP contribution in [0.25, 0.3) is 0 Å². The van der Waals surface area contributed by atoms with Gasteiger partial charge < -0.3 is 15.4 Å². The van der Waals surface area contributed by atoms with Crippen molar-refractivity contribution in [1.82, 2.24) is 5.32 Å². The van der Waals surface area contributed by atoms with Crippen molar-refractivity contribution in [1.29, 1.82) is 0 Å². The minimum absolute atomic E-state index is 0.162. The van der Waals surface area contributed by atoms with Crippen molar-refractivity contribution in [2.45, 2.75) is 44.7 Å². The molecule has 0 unspecified atom stereocenters. The molecule has 26 heavy (non-hydrogen) atoms. The Morgan fingerprint density at radius 3 is 2.27 bits per heavy atom. The van der Waals surface area contributed by atoms with Crippen LogP contribution in [-0.2, 0) is 29.1 Å². The molecule has 0 aromatic heterocycles. The van der Waals surface area contributed by atoms with E-state index in [-0.39, 0.29) is 16.5 Å². The van der Waals surface area contributed by atoms with Gasteiger partial charge in [-0.15, -0.1) is 0 Å². The van der Waals surface area contributed by atoms with Crippen LogP contribution in [0.5, 0.6) is 0 Å². The summed E-state index contributed by atoms with van der Waals surface area (Å²) in [7, 11) is -3.91. The molecule has 0 saturated heterocycles. The monoisotopic (exact) mass is 385 g/mol. The van der Waals surface area contributed by atoms with Crippen LogP contribution >= 0.6 is 0 Å². The molecule has 9 nitrogen and oxygen atoms in total. The third-order valence-electron chi connectivity index (χ3n) is 3.37. The maximum absolute atomic E-state index is 12.2.